The van der Waals surface area contributed by atoms with Gasteiger partial charge in [0.1, 0.15) is 0 Å². The average Bonchev–Trinajstić information content (AvgIpc) is 2.71. The molecule has 0 bridgehead atoms. The molecule has 4 heteroatoms. The number of hydrogen-bond donors (Lipinski definition) is 1. The van der Waals surface area contributed by atoms with Crippen LogP contribution in [0.2, 0.25) is 0 Å². The second-order valence-electron chi connectivity index (χ2n) is 4.09. The Hall–Kier alpha value is -0.350. The molecule has 1 aromatic heterocycles. The summed E-state index contributed by atoms with van der Waals surface area (Å²) in [6, 6.07) is 2.13. The molecule has 1 unspecified atom stereocenters. The maximum absolute atomic E-state index is 11.7. The number of carbonyl (C=O) groups excluding carboxylic acids is 1. The monoisotopic (exact) mass is 303 g/mol. The predicted octanol–water partition coefficient (Wildman–Crippen LogP) is 3.35. The van der Waals surface area contributed by atoms with E-state index < -0.39 is 0 Å². The number of halogens is 1. The van der Waals surface area contributed by atoms with Crippen LogP contribution in [-0.4, -0.2) is 10.7 Å². The minimum Gasteiger partial charge on any atom is -0.350 e. The molecule has 1 rings (SSSR count). The van der Waals surface area contributed by atoms with Crippen molar-refractivity contribution in [2.24, 2.45) is 5.92 Å². The highest BCUT2D eigenvalue weighted by Crippen LogP contribution is 2.18. The van der Waals surface area contributed by atoms with Crippen molar-refractivity contribution in [3.63, 3.8) is 0 Å². The van der Waals surface area contributed by atoms with Gasteiger partial charge in [0.25, 0.3) is 0 Å². The SMILES string of the molecule is CCc1ccsc1CNC(=O)C(Br)C(C)C. The van der Waals surface area contributed by atoms with E-state index in [1.54, 1.807) is 11.3 Å². The quantitative estimate of drug-likeness (QED) is 0.831. The summed E-state index contributed by atoms with van der Waals surface area (Å²) in [5, 5.41) is 5.04. The molecule has 1 amide bonds. The fourth-order valence-corrected chi connectivity index (χ4v) is 2.48. The first-order valence-corrected chi connectivity index (χ1v) is 7.32. The lowest BCUT2D eigenvalue weighted by Crippen LogP contribution is -2.33. The van der Waals surface area contributed by atoms with E-state index in [0.717, 1.165) is 6.42 Å². The van der Waals surface area contributed by atoms with Crippen LogP contribution in [0.25, 0.3) is 0 Å². The van der Waals surface area contributed by atoms with E-state index >= 15 is 0 Å². The molecule has 2 nitrogen and oxygen atoms in total. The van der Waals surface area contributed by atoms with Gasteiger partial charge in [-0.3, -0.25) is 4.79 Å². The van der Waals surface area contributed by atoms with E-state index in [9.17, 15) is 4.79 Å². The van der Waals surface area contributed by atoms with Crippen LogP contribution < -0.4 is 5.32 Å². The van der Waals surface area contributed by atoms with Crippen LogP contribution >= 0.6 is 27.3 Å². The molecule has 0 saturated heterocycles. The van der Waals surface area contributed by atoms with Gasteiger partial charge in [-0.25, -0.2) is 0 Å². The molecule has 0 radical (unpaired) electrons. The van der Waals surface area contributed by atoms with Crippen molar-refractivity contribution in [1.29, 1.82) is 0 Å². The van der Waals surface area contributed by atoms with Crippen molar-refractivity contribution >= 4 is 33.2 Å². The highest BCUT2D eigenvalue weighted by atomic mass is 79.9. The molecule has 0 aliphatic heterocycles. The first-order chi connectivity index (χ1) is 7.56. The Morgan fingerprint density at radius 3 is 2.81 bits per heavy atom. The summed E-state index contributed by atoms with van der Waals surface area (Å²) in [6.45, 7) is 6.84. The number of nitrogens with one attached hydrogen (secondary N) is 1. The van der Waals surface area contributed by atoms with Crippen LogP contribution in [0.15, 0.2) is 11.4 Å². The Morgan fingerprint density at radius 2 is 2.25 bits per heavy atom. The number of carbonyl (C=O) groups is 1. The standard InChI is InChI=1S/C12H18BrNOS/c1-4-9-5-6-16-10(9)7-14-12(15)11(13)8(2)3/h5-6,8,11H,4,7H2,1-3H3,(H,14,15). The lowest BCUT2D eigenvalue weighted by atomic mass is 10.1. The van der Waals surface area contributed by atoms with Gasteiger partial charge in [-0.05, 0) is 29.3 Å². The van der Waals surface area contributed by atoms with Crippen LogP contribution in [0, 0.1) is 5.92 Å². The van der Waals surface area contributed by atoms with E-state index in [4.69, 9.17) is 0 Å². The summed E-state index contributed by atoms with van der Waals surface area (Å²) in [4.78, 5) is 12.9. The Labute approximate surface area is 110 Å². The minimum absolute atomic E-state index is 0.0745. The summed E-state index contributed by atoms with van der Waals surface area (Å²) < 4.78 is 0. The van der Waals surface area contributed by atoms with Crippen molar-refractivity contribution in [2.45, 2.75) is 38.6 Å². The van der Waals surface area contributed by atoms with Crippen LogP contribution in [0.5, 0.6) is 0 Å². The van der Waals surface area contributed by atoms with Crippen LogP contribution in [0.1, 0.15) is 31.2 Å². The Bertz CT molecular complexity index is 349. The van der Waals surface area contributed by atoms with Crippen LogP contribution in [0.4, 0.5) is 0 Å². The van der Waals surface area contributed by atoms with E-state index in [1.807, 2.05) is 13.8 Å². The highest BCUT2D eigenvalue weighted by molar-refractivity contribution is 9.10. The number of aryl methyl sites for hydroxylation is 1. The summed E-state index contributed by atoms with van der Waals surface area (Å²) in [6.07, 6.45) is 1.02. The normalized spacial score (nSPS) is 12.8. The van der Waals surface area contributed by atoms with Gasteiger partial charge in [0.15, 0.2) is 0 Å². The van der Waals surface area contributed by atoms with Gasteiger partial charge in [-0.15, -0.1) is 11.3 Å². The fourth-order valence-electron chi connectivity index (χ4n) is 1.40. The Morgan fingerprint density at radius 1 is 1.56 bits per heavy atom. The molecule has 0 aliphatic rings. The third kappa shape index (κ3) is 3.59. The predicted molar refractivity (Wildman–Crippen MR) is 73.1 cm³/mol. The highest BCUT2D eigenvalue weighted by Gasteiger charge is 2.18. The van der Waals surface area contributed by atoms with E-state index in [2.05, 4.69) is 39.6 Å². The molecule has 1 atom stereocenters. The first-order valence-electron chi connectivity index (χ1n) is 5.53. The second-order valence-corrected chi connectivity index (χ2v) is 6.07. The lowest BCUT2D eigenvalue weighted by molar-refractivity contribution is -0.121. The number of hydrogen-bond acceptors (Lipinski definition) is 2. The van der Waals surface area contributed by atoms with Crippen molar-refractivity contribution in [3.8, 4) is 0 Å². The fraction of sp³-hybridized carbons (Fsp3) is 0.583. The van der Waals surface area contributed by atoms with E-state index in [0.29, 0.717) is 12.5 Å². The van der Waals surface area contributed by atoms with Crippen LogP contribution in [-0.2, 0) is 17.8 Å². The zero-order valence-corrected chi connectivity index (χ0v) is 12.3. The smallest absolute Gasteiger partial charge is 0.234 e. The van der Waals surface area contributed by atoms with Crippen molar-refractivity contribution < 1.29 is 4.79 Å². The largest absolute Gasteiger partial charge is 0.350 e. The average molecular weight is 304 g/mol. The lowest BCUT2D eigenvalue weighted by Gasteiger charge is -2.13. The zero-order chi connectivity index (χ0) is 12.1. The van der Waals surface area contributed by atoms with Crippen molar-refractivity contribution in [3.05, 3.63) is 21.9 Å². The maximum atomic E-state index is 11.7. The van der Waals surface area contributed by atoms with Gasteiger partial charge in [-0.2, -0.15) is 0 Å². The summed E-state index contributed by atoms with van der Waals surface area (Å²) in [5.41, 5.74) is 1.33. The number of alkyl halides is 1. The number of amides is 1. The Kier molecular flexibility index (Phi) is 5.49. The molecule has 0 aromatic carbocycles. The van der Waals surface area contributed by atoms with Crippen molar-refractivity contribution in [2.75, 3.05) is 0 Å². The molecular weight excluding hydrogens is 286 g/mol. The number of thiophene rings is 1. The molecule has 1 N–H and O–H groups in total. The molecule has 0 spiro atoms. The van der Waals surface area contributed by atoms with E-state index in [1.165, 1.54) is 10.4 Å². The molecule has 16 heavy (non-hydrogen) atoms. The van der Waals surface area contributed by atoms with Gasteiger partial charge in [0.05, 0.1) is 11.4 Å². The summed E-state index contributed by atoms with van der Waals surface area (Å²) in [5.74, 6) is 0.388. The van der Waals surface area contributed by atoms with Crippen LogP contribution in [0.3, 0.4) is 0 Å². The molecule has 90 valence electrons. The second kappa shape index (κ2) is 6.40. The topological polar surface area (TPSA) is 29.1 Å². The van der Waals surface area contributed by atoms with E-state index in [-0.39, 0.29) is 10.7 Å². The summed E-state index contributed by atoms with van der Waals surface area (Å²) in [7, 11) is 0. The van der Waals surface area contributed by atoms with Gasteiger partial charge < -0.3 is 5.32 Å². The minimum atomic E-state index is -0.0995. The molecule has 1 heterocycles. The van der Waals surface area contributed by atoms with Gasteiger partial charge in [0, 0.05) is 4.88 Å². The molecule has 0 fully saturated rings. The zero-order valence-electron chi connectivity index (χ0n) is 9.92. The third-order valence-electron chi connectivity index (χ3n) is 2.48. The molecule has 0 aliphatic carbocycles. The number of rotatable bonds is 5. The molecular formula is C12H18BrNOS. The van der Waals surface area contributed by atoms with Crippen molar-refractivity contribution in [1.82, 2.24) is 5.32 Å². The third-order valence-corrected chi connectivity index (χ3v) is 4.91. The first kappa shape index (κ1) is 13.7. The summed E-state index contributed by atoms with van der Waals surface area (Å²) >= 11 is 5.11. The van der Waals surface area contributed by atoms with Gasteiger partial charge in [0.2, 0.25) is 5.91 Å². The van der Waals surface area contributed by atoms with Gasteiger partial charge >= 0.3 is 0 Å². The maximum Gasteiger partial charge on any atom is 0.234 e. The Balaban J connectivity index is 2.49. The molecule has 1 aromatic rings. The van der Waals surface area contributed by atoms with Gasteiger partial charge in [-0.1, -0.05) is 36.7 Å². The molecule has 0 saturated carbocycles.